The number of alkyl halides is 1. The van der Waals surface area contributed by atoms with Crippen LogP contribution in [-0.2, 0) is 19.0 Å². The minimum absolute atomic E-state index is 0.108. The van der Waals surface area contributed by atoms with Crippen molar-refractivity contribution < 1.29 is 19.0 Å². The molecule has 1 fully saturated rings. The summed E-state index contributed by atoms with van der Waals surface area (Å²) in [7, 11) is 1.49. The van der Waals surface area contributed by atoms with Gasteiger partial charge in [-0.25, -0.2) is 0 Å². The molecule has 0 N–H and O–H groups in total. The van der Waals surface area contributed by atoms with Gasteiger partial charge in [0.1, 0.15) is 0 Å². The number of ether oxygens (including phenoxy) is 3. The van der Waals surface area contributed by atoms with E-state index < -0.39 is 0 Å². The Morgan fingerprint density at radius 3 is 1.81 bits per heavy atom. The number of methoxy groups -OCH3 is 1. The topological polar surface area (TPSA) is 44.8 Å². The van der Waals surface area contributed by atoms with Crippen LogP contribution in [0.5, 0.6) is 0 Å². The number of halogens is 1. The maximum absolute atomic E-state index is 12.4. The van der Waals surface area contributed by atoms with Crippen LogP contribution in [0.1, 0.15) is 116 Å². The van der Waals surface area contributed by atoms with Crippen LogP contribution in [-0.4, -0.2) is 44.8 Å². The number of rotatable bonds is 23. The lowest BCUT2D eigenvalue weighted by molar-refractivity contribution is -0.196. The summed E-state index contributed by atoms with van der Waals surface area (Å²) in [6.45, 7) is 4.90. The lowest BCUT2D eigenvalue weighted by Gasteiger charge is -2.45. The number of hydrogen-bond donors (Lipinski definition) is 0. The van der Waals surface area contributed by atoms with Crippen molar-refractivity contribution in [2.45, 2.75) is 116 Å². The molecule has 1 aliphatic rings. The van der Waals surface area contributed by atoms with Crippen LogP contribution >= 0.6 is 15.9 Å². The number of esters is 1. The Kier molecular flexibility index (Phi) is 18.9. The summed E-state index contributed by atoms with van der Waals surface area (Å²) in [5.41, 5.74) is -0.185. The highest BCUT2D eigenvalue weighted by Crippen LogP contribution is 2.40. The van der Waals surface area contributed by atoms with E-state index in [4.69, 9.17) is 14.2 Å². The zero-order valence-corrected chi connectivity index (χ0v) is 22.7. The highest BCUT2D eigenvalue weighted by molar-refractivity contribution is 9.09. The van der Waals surface area contributed by atoms with Crippen LogP contribution in [0.15, 0.2) is 0 Å². The molecule has 1 heterocycles. The van der Waals surface area contributed by atoms with Gasteiger partial charge in [0.2, 0.25) is 0 Å². The van der Waals surface area contributed by atoms with Gasteiger partial charge >= 0.3 is 5.97 Å². The van der Waals surface area contributed by atoms with Gasteiger partial charge in [-0.15, -0.1) is 0 Å². The normalized spacial score (nSPS) is 16.0. The summed E-state index contributed by atoms with van der Waals surface area (Å²) < 4.78 is 16.6. The number of carbonyl (C=O) groups is 1. The fourth-order valence-corrected chi connectivity index (χ4v) is 5.08. The summed E-state index contributed by atoms with van der Waals surface area (Å²) in [6.07, 6.45) is 22.1. The van der Waals surface area contributed by atoms with Gasteiger partial charge in [0, 0.05) is 11.9 Å². The van der Waals surface area contributed by atoms with E-state index in [0.717, 1.165) is 37.6 Å². The van der Waals surface area contributed by atoms with E-state index in [2.05, 4.69) is 22.9 Å². The zero-order chi connectivity index (χ0) is 23.3. The predicted molar refractivity (Wildman–Crippen MR) is 138 cm³/mol. The van der Waals surface area contributed by atoms with Crippen LogP contribution in [0.2, 0.25) is 0 Å². The Bertz CT molecular complexity index is 439. The molecule has 0 aromatic carbocycles. The maximum atomic E-state index is 12.4. The summed E-state index contributed by atoms with van der Waals surface area (Å²) in [4.78, 5) is 12.4. The molecule has 190 valence electrons. The fourth-order valence-electron chi connectivity index (χ4n) is 4.68. The lowest BCUT2D eigenvalue weighted by atomic mass is 9.72. The summed E-state index contributed by atoms with van der Waals surface area (Å²) in [6, 6.07) is 0. The standard InChI is InChI=1S/C27H51BrO4/c1-3-4-5-6-7-8-9-10-11-12-13-14-15-18-21-31-22-27(23-32-24-27)25(26(29)30-2)19-16-17-20-28/h25H,3-24H2,1-2H3. The van der Waals surface area contributed by atoms with Gasteiger partial charge in [-0.05, 0) is 19.3 Å². The molecule has 1 saturated heterocycles. The van der Waals surface area contributed by atoms with E-state index in [-0.39, 0.29) is 17.3 Å². The summed E-state index contributed by atoms with van der Waals surface area (Å²) >= 11 is 3.47. The lowest BCUT2D eigenvalue weighted by Crippen LogP contribution is -2.54. The second-order valence-corrected chi connectivity index (χ2v) is 10.6. The van der Waals surface area contributed by atoms with Crippen molar-refractivity contribution in [1.82, 2.24) is 0 Å². The molecular formula is C27H51BrO4. The molecule has 0 radical (unpaired) electrons. The smallest absolute Gasteiger partial charge is 0.309 e. The molecule has 4 nitrogen and oxygen atoms in total. The van der Waals surface area contributed by atoms with Crippen LogP contribution < -0.4 is 0 Å². The van der Waals surface area contributed by atoms with Crippen molar-refractivity contribution in [1.29, 1.82) is 0 Å². The number of unbranched alkanes of at least 4 members (excludes halogenated alkanes) is 14. The van der Waals surface area contributed by atoms with E-state index in [1.54, 1.807) is 0 Å². The van der Waals surface area contributed by atoms with Gasteiger partial charge in [-0.1, -0.05) is 113 Å². The first-order valence-electron chi connectivity index (χ1n) is 13.5. The summed E-state index contributed by atoms with van der Waals surface area (Å²) in [5.74, 6) is -0.223. The highest BCUT2D eigenvalue weighted by atomic mass is 79.9. The minimum atomic E-state index is -0.185. The fraction of sp³-hybridized carbons (Fsp3) is 0.963. The average molecular weight is 520 g/mol. The second-order valence-electron chi connectivity index (χ2n) is 9.76. The van der Waals surface area contributed by atoms with Crippen molar-refractivity contribution in [3.05, 3.63) is 0 Å². The van der Waals surface area contributed by atoms with Crippen LogP contribution in [0.3, 0.4) is 0 Å². The SMILES string of the molecule is CCCCCCCCCCCCCCCCOCC1(C(CCCCBr)C(=O)OC)COC1. The van der Waals surface area contributed by atoms with Crippen LogP contribution in [0, 0.1) is 11.3 Å². The predicted octanol–water partition coefficient (Wildman–Crippen LogP) is 7.86. The molecule has 1 unspecified atom stereocenters. The molecule has 0 aromatic heterocycles. The first-order chi connectivity index (χ1) is 15.7. The minimum Gasteiger partial charge on any atom is -0.469 e. The Morgan fingerprint density at radius 1 is 0.844 bits per heavy atom. The molecule has 1 atom stereocenters. The third-order valence-corrected chi connectivity index (χ3v) is 7.47. The molecule has 0 saturated carbocycles. The van der Waals surface area contributed by atoms with Crippen molar-refractivity contribution in [2.75, 3.05) is 38.9 Å². The molecule has 1 aliphatic heterocycles. The maximum Gasteiger partial charge on any atom is 0.309 e. The zero-order valence-electron chi connectivity index (χ0n) is 21.1. The number of carbonyl (C=O) groups excluding carboxylic acids is 1. The molecule has 0 amide bonds. The molecule has 0 aliphatic carbocycles. The van der Waals surface area contributed by atoms with Crippen molar-refractivity contribution in [2.24, 2.45) is 11.3 Å². The van der Waals surface area contributed by atoms with Gasteiger partial charge in [0.15, 0.2) is 0 Å². The van der Waals surface area contributed by atoms with Gasteiger partial charge in [-0.3, -0.25) is 4.79 Å². The molecular weight excluding hydrogens is 468 g/mol. The van der Waals surface area contributed by atoms with Crippen LogP contribution in [0.4, 0.5) is 0 Å². The van der Waals surface area contributed by atoms with E-state index >= 15 is 0 Å². The van der Waals surface area contributed by atoms with Gasteiger partial charge in [-0.2, -0.15) is 0 Å². The van der Waals surface area contributed by atoms with E-state index in [1.807, 2.05) is 0 Å². The molecule has 1 rings (SSSR count). The Balaban J connectivity index is 2.02. The quantitative estimate of drug-likeness (QED) is 0.0783. The molecule has 32 heavy (non-hydrogen) atoms. The monoisotopic (exact) mass is 518 g/mol. The van der Waals surface area contributed by atoms with Gasteiger partial charge in [0.05, 0.1) is 38.3 Å². The van der Waals surface area contributed by atoms with Crippen molar-refractivity contribution >= 4 is 21.9 Å². The van der Waals surface area contributed by atoms with Gasteiger partial charge < -0.3 is 14.2 Å². The highest BCUT2D eigenvalue weighted by Gasteiger charge is 2.49. The van der Waals surface area contributed by atoms with Crippen molar-refractivity contribution in [3.8, 4) is 0 Å². The third kappa shape index (κ3) is 12.9. The molecule has 0 bridgehead atoms. The van der Waals surface area contributed by atoms with Gasteiger partial charge in [0.25, 0.3) is 0 Å². The largest absolute Gasteiger partial charge is 0.469 e. The van der Waals surface area contributed by atoms with Crippen molar-refractivity contribution in [3.63, 3.8) is 0 Å². The average Bonchev–Trinajstić information content (AvgIpc) is 2.78. The van der Waals surface area contributed by atoms with E-state index in [1.165, 1.54) is 90.6 Å². The molecule has 0 spiro atoms. The molecule has 5 heteroatoms. The number of hydrogen-bond acceptors (Lipinski definition) is 4. The molecule has 0 aromatic rings. The Hall–Kier alpha value is -0.130. The Labute approximate surface area is 207 Å². The first-order valence-corrected chi connectivity index (χ1v) is 14.6. The summed E-state index contributed by atoms with van der Waals surface area (Å²) in [5, 5.41) is 0.972. The third-order valence-electron chi connectivity index (χ3n) is 6.91. The Morgan fingerprint density at radius 2 is 1.38 bits per heavy atom. The van der Waals surface area contributed by atoms with E-state index in [0.29, 0.717) is 19.8 Å². The second kappa shape index (κ2) is 20.3. The first kappa shape index (κ1) is 29.9. The van der Waals surface area contributed by atoms with Crippen LogP contribution in [0.25, 0.3) is 0 Å². The van der Waals surface area contributed by atoms with E-state index in [9.17, 15) is 4.79 Å².